The van der Waals surface area contributed by atoms with Crippen LogP contribution in [0.4, 0.5) is 8.78 Å². The molecule has 0 saturated carbocycles. The van der Waals surface area contributed by atoms with Crippen molar-refractivity contribution in [1.29, 1.82) is 5.41 Å². The normalized spacial score (nSPS) is 13.0. The third kappa shape index (κ3) is 6.10. The zero-order chi connectivity index (χ0) is 19.7. The zero-order valence-corrected chi connectivity index (χ0v) is 14.5. The van der Waals surface area contributed by atoms with E-state index >= 15 is 0 Å². The van der Waals surface area contributed by atoms with Crippen LogP contribution in [0, 0.1) is 17.0 Å². The van der Waals surface area contributed by atoms with Gasteiger partial charge in [-0.2, -0.15) is 0 Å². The number of aliphatic imine (C=N–C) groups is 2. The number of carbonyl (C=O) groups excluding carboxylic acids is 1. The quantitative estimate of drug-likeness (QED) is 0.329. The Labute approximate surface area is 153 Å². The summed E-state index contributed by atoms with van der Waals surface area (Å²) in [5.74, 6) is -2.54. The van der Waals surface area contributed by atoms with Gasteiger partial charge in [-0.15, -0.1) is 0 Å². The molecule has 0 aliphatic heterocycles. The van der Waals surface area contributed by atoms with Crippen molar-refractivity contribution in [2.75, 3.05) is 0 Å². The summed E-state index contributed by atoms with van der Waals surface area (Å²) < 4.78 is 27.0. The second-order valence-electron chi connectivity index (χ2n) is 4.83. The van der Waals surface area contributed by atoms with Crippen LogP contribution in [-0.2, 0) is 0 Å². The first-order valence-electron chi connectivity index (χ1n) is 7.19. The largest absolute Gasteiger partial charge is 0.405 e. The van der Waals surface area contributed by atoms with Gasteiger partial charge in [-0.1, -0.05) is 18.2 Å². The highest BCUT2D eigenvalue weighted by Gasteiger charge is 2.18. The first-order valence-corrected chi connectivity index (χ1v) is 7.56. The summed E-state index contributed by atoms with van der Waals surface area (Å²) >= 11 is 5.39. The van der Waals surface area contributed by atoms with Gasteiger partial charge in [0, 0.05) is 11.8 Å². The number of amides is 1. The minimum Gasteiger partial charge on any atom is -0.405 e. The van der Waals surface area contributed by atoms with E-state index in [0.29, 0.717) is 0 Å². The summed E-state index contributed by atoms with van der Waals surface area (Å²) in [6, 6.07) is 0.885. The molecule has 1 aromatic rings. The van der Waals surface area contributed by atoms with E-state index in [1.807, 2.05) is 0 Å². The molecule has 0 radical (unpaired) electrons. The number of nitrogens with one attached hydrogen (secondary N) is 3. The van der Waals surface area contributed by atoms with E-state index in [0.717, 1.165) is 18.5 Å². The van der Waals surface area contributed by atoms with Crippen LogP contribution in [0.15, 0.2) is 46.8 Å². The van der Waals surface area contributed by atoms with Gasteiger partial charge in [0.2, 0.25) is 0 Å². The van der Waals surface area contributed by atoms with Crippen molar-refractivity contribution in [3.05, 3.63) is 59.0 Å². The molecule has 26 heavy (non-hydrogen) atoms. The third-order valence-corrected chi connectivity index (χ3v) is 3.27. The molecule has 0 aliphatic carbocycles. The lowest BCUT2D eigenvalue weighted by Gasteiger charge is -2.17. The van der Waals surface area contributed by atoms with Gasteiger partial charge < -0.3 is 16.4 Å². The summed E-state index contributed by atoms with van der Waals surface area (Å²) in [5.41, 5.74) is 4.91. The molecule has 1 rings (SSSR count). The zero-order valence-electron chi connectivity index (χ0n) is 13.8. The van der Waals surface area contributed by atoms with Gasteiger partial charge in [0.1, 0.15) is 34.7 Å². The van der Waals surface area contributed by atoms with E-state index in [1.54, 1.807) is 6.92 Å². The lowest BCUT2D eigenvalue weighted by molar-refractivity contribution is 0.0948. The van der Waals surface area contributed by atoms with Crippen LogP contribution in [0.1, 0.15) is 17.3 Å². The molecular weight excluding hydrogens is 366 g/mol. The van der Waals surface area contributed by atoms with Gasteiger partial charge in [0.15, 0.2) is 0 Å². The predicted octanol–water partition coefficient (Wildman–Crippen LogP) is 2.35. The fraction of sp³-hybridized carbons (Fsp3) is 0.125. The Kier molecular flexibility index (Phi) is 8.10. The van der Waals surface area contributed by atoms with Crippen LogP contribution < -0.4 is 16.4 Å². The van der Waals surface area contributed by atoms with Crippen molar-refractivity contribution in [3.8, 4) is 0 Å². The van der Waals surface area contributed by atoms with Gasteiger partial charge in [-0.3, -0.25) is 10.2 Å². The predicted molar refractivity (Wildman–Crippen MR) is 98.6 cm³/mol. The molecule has 1 amide bonds. The minimum absolute atomic E-state index is 0.141. The van der Waals surface area contributed by atoms with Gasteiger partial charge in [0.05, 0.1) is 6.04 Å². The number of hydrogen-bond donors (Lipinski definition) is 4. The average molecular weight is 383 g/mol. The maximum absolute atomic E-state index is 13.5. The summed E-state index contributed by atoms with van der Waals surface area (Å²) in [6.07, 6.45) is 4.87. The third-order valence-electron chi connectivity index (χ3n) is 2.91. The number of benzene rings is 1. The van der Waals surface area contributed by atoms with Crippen molar-refractivity contribution in [2.45, 2.75) is 13.0 Å². The van der Waals surface area contributed by atoms with Crippen molar-refractivity contribution < 1.29 is 13.6 Å². The molecule has 7 nitrogen and oxygen atoms in total. The summed E-state index contributed by atoms with van der Waals surface area (Å²) in [5, 5.41) is 11.6. The molecule has 1 aromatic carbocycles. The van der Waals surface area contributed by atoms with Crippen molar-refractivity contribution in [3.63, 3.8) is 0 Å². The first kappa shape index (κ1) is 21.0. The minimum atomic E-state index is -1.05. The van der Waals surface area contributed by atoms with Crippen LogP contribution in [0.3, 0.4) is 0 Å². The fourth-order valence-electron chi connectivity index (χ4n) is 1.72. The van der Waals surface area contributed by atoms with Crippen LogP contribution >= 0.6 is 11.6 Å². The summed E-state index contributed by atoms with van der Waals surface area (Å²) in [4.78, 5) is 19.9. The average Bonchev–Trinajstić information content (AvgIpc) is 2.58. The van der Waals surface area contributed by atoms with Crippen LogP contribution in [0.2, 0.25) is 5.02 Å². The highest BCUT2D eigenvalue weighted by Crippen LogP contribution is 2.20. The second kappa shape index (κ2) is 10.0. The van der Waals surface area contributed by atoms with Crippen LogP contribution in [0.25, 0.3) is 0 Å². The Morgan fingerprint density at radius 3 is 2.58 bits per heavy atom. The SMILES string of the molecule is C=C(/N=C\C=C/N)N/C(=N\C=N)[C@H](C)NC(=O)c1cc(F)c(Cl)c(F)c1. The van der Waals surface area contributed by atoms with E-state index in [9.17, 15) is 13.6 Å². The smallest absolute Gasteiger partial charge is 0.252 e. The maximum atomic E-state index is 13.5. The summed E-state index contributed by atoms with van der Waals surface area (Å²) in [7, 11) is 0. The molecule has 0 heterocycles. The van der Waals surface area contributed by atoms with Gasteiger partial charge >= 0.3 is 0 Å². The molecule has 0 aliphatic rings. The van der Waals surface area contributed by atoms with Crippen molar-refractivity contribution in [1.82, 2.24) is 10.6 Å². The number of nitrogens with zero attached hydrogens (tertiary/aromatic N) is 2. The number of allylic oxidation sites excluding steroid dienone is 1. The molecule has 5 N–H and O–H groups in total. The molecular formula is C16H17ClF2N6O. The lowest BCUT2D eigenvalue weighted by Crippen LogP contribution is -2.44. The number of halogens is 3. The lowest BCUT2D eigenvalue weighted by atomic mass is 10.2. The van der Waals surface area contributed by atoms with E-state index in [-0.39, 0.29) is 17.2 Å². The summed E-state index contributed by atoms with van der Waals surface area (Å²) in [6.45, 7) is 5.18. The number of hydrogen-bond acceptors (Lipinski definition) is 4. The number of carbonyl (C=O) groups is 1. The Hall–Kier alpha value is -3.07. The molecule has 0 saturated heterocycles. The maximum Gasteiger partial charge on any atom is 0.252 e. The highest BCUT2D eigenvalue weighted by molar-refractivity contribution is 6.31. The fourth-order valence-corrected chi connectivity index (χ4v) is 1.83. The molecule has 0 aromatic heterocycles. The molecule has 0 fully saturated rings. The molecule has 138 valence electrons. The highest BCUT2D eigenvalue weighted by atomic mass is 35.5. The van der Waals surface area contributed by atoms with Crippen molar-refractivity contribution >= 4 is 35.9 Å². The van der Waals surface area contributed by atoms with Gasteiger partial charge in [0.25, 0.3) is 5.91 Å². The van der Waals surface area contributed by atoms with E-state index in [4.69, 9.17) is 22.7 Å². The Bertz CT molecular complexity index is 768. The van der Waals surface area contributed by atoms with Crippen LogP contribution in [0.5, 0.6) is 0 Å². The molecule has 0 bridgehead atoms. The van der Waals surface area contributed by atoms with E-state index < -0.39 is 28.6 Å². The second-order valence-corrected chi connectivity index (χ2v) is 5.21. The first-order chi connectivity index (χ1) is 12.3. The van der Waals surface area contributed by atoms with Gasteiger partial charge in [-0.05, 0) is 31.3 Å². The number of amidine groups is 1. The van der Waals surface area contributed by atoms with Crippen LogP contribution in [-0.4, -0.2) is 30.3 Å². The Balaban J connectivity index is 2.89. The van der Waals surface area contributed by atoms with E-state index in [2.05, 4.69) is 27.2 Å². The molecule has 0 spiro atoms. The standard InChI is InChI=1S/C16H17ClF2N6O/c1-9(15(23-8-21)25-10(2)22-5-3-4-20)24-16(26)11-6-12(18)14(17)13(19)7-11/h3-9H,2,20H2,1H3,(H,24,26)(H2,21,23,25)/b4-3-,22-5-/t9-/m0/s1. The van der Waals surface area contributed by atoms with E-state index in [1.165, 1.54) is 18.5 Å². The number of rotatable bonds is 7. The Morgan fingerprint density at radius 1 is 1.42 bits per heavy atom. The Morgan fingerprint density at radius 2 is 2.04 bits per heavy atom. The molecule has 0 unspecified atom stereocenters. The van der Waals surface area contributed by atoms with Crippen molar-refractivity contribution in [2.24, 2.45) is 15.7 Å². The van der Waals surface area contributed by atoms with Gasteiger partial charge in [-0.25, -0.2) is 18.8 Å². The monoisotopic (exact) mass is 382 g/mol. The molecule has 1 atom stereocenters. The molecule has 10 heteroatoms. The number of nitrogens with two attached hydrogens (primary N) is 1. The topological polar surface area (TPSA) is 116 Å².